The highest BCUT2D eigenvalue weighted by Crippen LogP contribution is 2.29. The maximum Gasteiger partial charge on any atom is 0.248 e. The average Bonchev–Trinajstić information content (AvgIpc) is 3.60. The van der Waals surface area contributed by atoms with Gasteiger partial charge in [0.05, 0.1) is 43.3 Å². The van der Waals surface area contributed by atoms with E-state index in [0.717, 1.165) is 35.4 Å². The number of ether oxygens (including phenoxy) is 1. The Morgan fingerprint density at radius 1 is 1.29 bits per heavy atom. The van der Waals surface area contributed by atoms with Gasteiger partial charge in [-0.25, -0.2) is 4.98 Å². The number of aromatic amines is 1. The van der Waals surface area contributed by atoms with Crippen molar-refractivity contribution in [2.24, 2.45) is 5.73 Å². The zero-order valence-electron chi connectivity index (χ0n) is 19.8. The monoisotopic (exact) mass is 479 g/mol. The van der Waals surface area contributed by atoms with Gasteiger partial charge in [0.2, 0.25) is 5.91 Å². The summed E-state index contributed by atoms with van der Waals surface area (Å²) in [5.74, 6) is 0.519. The molecule has 1 fully saturated rings. The molecule has 0 bridgehead atoms. The summed E-state index contributed by atoms with van der Waals surface area (Å²) in [6, 6.07) is 5.42. The number of hydrogen-bond donors (Lipinski definition) is 3. The van der Waals surface area contributed by atoms with E-state index < -0.39 is 5.91 Å². The minimum atomic E-state index is -0.528. The highest BCUT2D eigenvalue weighted by atomic mass is 16.5. The van der Waals surface area contributed by atoms with Crippen LogP contribution in [-0.4, -0.2) is 89.6 Å². The van der Waals surface area contributed by atoms with Crippen LogP contribution in [0.3, 0.4) is 0 Å². The largest absolute Gasteiger partial charge is 0.394 e. The van der Waals surface area contributed by atoms with Gasteiger partial charge in [-0.1, -0.05) is 0 Å². The summed E-state index contributed by atoms with van der Waals surface area (Å²) in [7, 11) is 0. The van der Waals surface area contributed by atoms with Gasteiger partial charge < -0.3 is 15.6 Å². The predicted molar refractivity (Wildman–Crippen MR) is 129 cm³/mol. The van der Waals surface area contributed by atoms with Crippen LogP contribution in [0.1, 0.15) is 23.0 Å². The van der Waals surface area contributed by atoms with E-state index in [4.69, 9.17) is 15.5 Å². The van der Waals surface area contributed by atoms with Crippen LogP contribution in [-0.2, 0) is 17.8 Å². The molecule has 1 saturated heterocycles. The topological polar surface area (TPSA) is 153 Å². The Balaban J connectivity index is 1.48. The second-order valence-electron chi connectivity index (χ2n) is 8.66. The number of nitrogens with one attached hydrogen (secondary N) is 1. The summed E-state index contributed by atoms with van der Waals surface area (Å²) in [5.41, 5.74) is 9.22. The number of amides is 1. The lowest BCUT2D eigenvalue weighted by atomic mass is 10.0. The van der Waals surface area contributed by atoms with E-state index in [1.165, 1.54) is 0 Å². The lowest BCUT2D eigenvalue weighted by molar-refractivity contribution is -0.0534. The van der Waals surface area contributed by atoms with Crippen LogP contribution in [0.2, 0.25) is 0 Å². The zero-order chi connectivity index (χ0) is 24.5. The molecule has 1 amide bonds. The molecule has 5 rings (SSSR count). The van der Waals surface area contributed by atoms with Crippen molar-refractivity contribution < 1.29 is 14.6 Å². The quantitative estimate of drug-likeness (QED) is 0.335. The highest BCUT2D eigenvalue weighted by Gasteiger charge is 2.21. The van der Waals surface area contributed by atoms with Crippen molar-refractivity contribution in [2.45, 2.75) is 33.0 Å². The van der Waals surface area contributed by atoms with E-state index in [0.29, 0.717) is 49.0 Å². The minimum absolute atomic E-state index is 0.00428. The Bertz CT molecular complexity index is 1360. The summed E-state index contributed by atoms with van der Waals surface area (Å²) in [6.07, 6.45) is 1.60. The standard InChI is InChI=1S/C23H29N9O3/c1-3-31-20(8-14(2)29-31)23-26-22(27-28-23)17-9-15(21(24)34)10-19-18(17)11-25-32(19)5-4-30-6-7-35-16(12-30)13-33/h8-11,16,33H,3-7,12-13H2,1-2H3,(H2,24,34)(H,26,27,28)/t16-/m0/s1. The lowest BCUT2D eigenvalue weighted by Gasteiger charge is -2.31. The Kier molecular flexibility index (Phi) is 6.32. The lowest BCUT2D eigenvalue weighted by Crippen LogP contribution is -2.45. The van der Waals surface area contributed by atoms with Crippen molar-refractivity contribution in [1.82, 2.24) is 39.6 Å². The van der Waals surface area contributed by atoms with E-state index in [9.17, 15) is 9.90 Å². The highest BCUT2D eigenvalue weighted by molar-refractivity contribution is 6.02. The Labute approximate surface area is 201 Å². The number of aryl methyl sites for hydroxylation is 2. The van der Waals surface area contributed by atoms with Gasteiger partial charge in [-0.05, 0) is 32.0 Å². The Morgan fingerprint density at radius 3 is 2.91 bits per heavy atom. The van der Waals surface area contributed by atoms with Gasteiger partial charge in [-0.15, -0.1) is 0 Å². The van der Waals surface area contributed by atoms with Gasteiger partial charge in [0, 0.05) is 42.7 Å². The fourth-order valence-electron chi connectivity index (χ4n) is 4.49. The number of morpholine rings is 1. The van der Waals surface area contributed by atoms with Crippen LogP contribution in [0.5, 0.6) is 0 Å². The van der Waals surface area contributed by atoms with Gasteiger partial charge in [0.15, 0.2) is 11.6 Å². The van der Waals surface area contributed by atoms with Gasteiger partial charge in [0.25, 0.3) is 0 Å². The first-order chi connectivity index (χ1) is 17.0. The predicted octanol–water partition coefficient (Wildman–Crippen LogP) is 0.805. The maximum absolute atomic E-state index is 12.1. The number of fused-ring (bicyclic) bond motifs is 1. The number of H-pyrrole nitrogens is 1. The molecule has 4 aromatic rings. The van der Waals surface area contributed by atoms with E-state index >= 15 is 0 Å². The molecule has 0 aliphatic carbocycles. The Morgan fingerprint density at radius 2 is 2.14 bits per heavy atom. The molecule has 3 aromatic heterocycles. The third-order valence-corrected chi connectivity index (χ3v) is 6.27. The zero-order valence-corrected chi connectivity index (χ0v) is 19.8. The van der Waals surface area contributed by atoms with Crippen molar-refractivity contribution in [3.05, 3.63) is 35.7 Å². The number of hydrogen-bond acceptors (Lipinski definition) is 8. The summed E-state index contributed by atoms with van der Waals surface area (Å²) < 4.78 is 9.25. The van der Waals surface area contributed by atoms with Crippen LogP contribution in [0.25, 0.3) is 33.8 Å². The fraction of sp³-hybridized carbons (Fsp3) is 0.435. The molecule has 12 heteroatoms. The first-order valence-corrected chi connectivity index (χ1v) is 11.7. The number of nitrogens with two attached hydrogens (primary N) is 1. The Hall–Kier alpha value is -3.61. The molecule has 0 spiro atoms. The van der Waals surface area contributed by atoms with E-state index in [1.54, 1.807) is 18.3 Å². The summed E-state index contributed by atoms with van der Waals surface area (Å²) in [5, 5.41) is 26.7. The molecular weight excluding hydrogens is 450 g/mol. The molecule has 0 saturated carbocycles. The van der Waals surface area contributed by atoms with Crippen LogP contribution < -0.4 is 5.73 Å². The third kappa shape index (κ3) is 4.55. The molecule has 1 aromatic carbocycles. The van der Waals surface area contributed by atoms with Crippen LogP contribution in [0, 0.1) is 6.92 Å². The second-order valence-corrected chi connectivity index (χ2v) is 8.66. The normalized spacial score (nSPS) is 16.8. The van der Waals surface area contributed by atoms with Crippen LogP contribution in [0.15, 0.2) is 24.4 Å². The fourth-order valence-corrected chi connectivity index (χ4v) is 4.49. The molecule has 4 N–H and O–H groups in total. The number of rotatable bonds is 8. The van der Waals surface area contributed by atoms with Gasteiger partial charge in [0.1, 0.15) is 5.69 Å². The van der Waals surface area contributed by atoms with Crippen molar-refractivity contribution in [3.8, 4) is 22.9 Å². The number of aliphatic hydroxyl groups is 1. The first kappa shape index (κ1) is 23.1. The molecule has 12 nitrogen and oxygen atoms in total. The molecule has 4 heterocycles. The van der Waals surface area contributed by atoms with Crippen molar-refractivity contribution in [2.75, 3.05) is 32.8 Å². The summed E-state index contributed by atoms with van der Waals surface area (Å²) in [6.45, 7) is 8.04. The molecule has 1 aliphatic heterocycles. The molecule has 184 valence electrons. The van der Waals surface area contributed by atoms with Crippen molar-refractivity contribution in [3.63, 3.8) is 0 Å². The number of nitrogens with zero attached hydrogens (tertiary/aromatic N) is 7. The van der Waals surface area contributed by atoms with E-state index in [2.05, 4.69) is 25.3 Å². The molecule has 35 heavy (non-hydrogen) atoms. The van der Waals surface area contributed by atoms with Gasteiger partial charge >= 0.3 is 0 Å². The van der Waals surface area contributed by atoms with Crippen LogP contribution in [0.4, 0.5) is 0 Å². The average molecular weight is 480 g/mol. The summed E-state index contributed by atoms with van der Waals surface area (Å²) >= 11 is 0. The van der Waals surface area contributed by atoms with E-state index in [-0.39, 0.29) is 12.7 Å². The number of aliphatic hydroxyl groups excluding tert-OH is 1. The number of carbonyl (C=O) groups is 1. The summed E-state index contributed by atoms with van der Waals surface area (Å²) in [4.78, 5) is 19.1. The molecular formula is C23H29N9O3. The third-order valence-electron chi connectivity index (χ3n) is 6.27. The van der Waals surface area contributed by atoms with Crippen molar-refractivity contribution in [1.29, 1.82) is 0 Å². The number of benzene rings is 1. The minimum Gasteiger partial charge on any atom is -0.394 e. The molecule has 1 aliphatic rings. The van der Waals surface area contributed by atoms with Gasteiger partial charge in [-0.3, -0.25) is 24.2 Å². The smallest absolute Gasteiger partial charge is 0.248 e. The molecule has 0 unspecified atom stereocenters. The second kappa shape index (κ2) is 9.56. The molecule has 0 radical (unpaired) electrons. The molecule has 1 atom stereocenters. The van der Waals surface area contributed by atoms with Crippen molar-refractivity contribution >= 4 is 16.8 Å². The number of aromatic nitrogens is 7. The first-order valence-electron chi connectivity index (χ1n) is 11.7. The number of carbonyl (C=O) groups excluding carboxylic acids is 1. The number of primary amides is 1. The van der Waals surface area contributed by atoms with Crippen LogP contribution >= 0.6 is 0 Å². The maximum atomic E-state index is 12.1. The van der Waals surface area contributed by atoms with E-state index in [1.807, 2.05) is 29.3 Å². The SMILES string of the molecule is CCn1nc(C)cc1-c1n[nH]c(-c2cc(C(N)=O)cc3c2cnn3CCN2CCO[C@H](CO)C2)n1. The van der Waals surface area contributed by atoms with Gasteiger partial charge in [-0.2, -0.15) is 15.3 Å².